The van der Waals surface area contributed by atoms with Crippen molar-refractivity contribution in [1.82, 2.24) is 5.43 Å². The third-order valence-corrected chi connectivity index (χ3v) is 3.49. The smallest absolute Gasteiger partial charge is 0.144 e. The molecule has 1 unspecified atom stereocenters. The van der Waals surface area contributed by atoms with E-state index in [0.29, 0.717) is 0 Å². The lowest BCUT2D eigenvalue weighted by Crippen LogP contribution is -2.26. The van der Waals surface area contributed by atoms with Crippen molar-refractivity contribution < 1.29 is 4.74 Å². The summed E-state index contributed by atoms with van der Waals surface area (Å²) in [5.74, 6) is 0. The number of halogens is 1. The van der Waals surface area contributed by atoms with Gasteiger partial charge in [-0.2, -0.15) is 0 Å². The number of rotatable bonds is 4. The fourth-order valence-electron chi connectivity index (χ4n) is 1.51. The van der Waals surface area contributed by atoms with Gasteiger partial charge in [-0.15, -0.1) is 0 Å². The van der Waals surface area contributed by atoms with Crippen LogP contribution in [-0.2, 0) is 4.74 Å². The maximum atomic E-state index is 5.33. The number of para-hydroxylation sites is 1. The molecule has 17 heavy (non-hydrogen) atoms. The topological polar surface area (TPSA) is 33.3 Å². The van der Waals surface area contributed by atoms with E-state index in [2.05, 4.69) is 32.9 Å². The number of ether oxygens (including phenoxy) is 1. The minimum absolute atomic E-state index is 0.356. The Kier molecular flexibility index (Phi) is 3.86. The van der Waals surface area contributed by atoms with Crippen molar-refractivity contribution in [2.24, 2.45) is 0 Å². The van der Waals surface area contributed by atoms with E-state index in [-0.39, 0.29) is 4.51 Å². The van der Waals surface area contributed by atoms with Crippen LogP contribution in [0.2, 0.25) is 0 Å². The molecule has 1 aromatic carbocycles. The zero-order chi connectivity index (χ0) is 12.1. The van der Waals surface area contributed by atoms with E-state index in [1.54, 1.807) is 7.11 Å². The van der Waals surface area contributed by atoms with Gasteiger partial charge in [-0.1, -0.05) is 24.3 Å². The molecular formula is C13H15BrN2O. The van der Waals surface area contributed by atoms with Crippen LogP contribution in [0.5, 0.6) is 0 Å². The molecule has 1 aliphatic carbocycles. The van der Waals surface area contributed by atoms with Crippen LogP contribution in [0.15, 0.2) is 54.3 Å². The van der Waals surface area contributed by atoms with Gasteiger partial charge in [0.25, 0.3) is 0 Å². The number of hydrogen-bond acceptors (Lipinski definition) is 3. The van der Waals surface area contributed by atoms with Crippen LogP contribution >= 0.6 is 15.9 Å². The van der Waals surface area contributed by atoms with Gasteiger partial charge in [-0.05, 0) is 40.2 Å². The number of hydrazine groups is 1. The van der Waals surface area contributed by atoms with E-state index in [0.717, 1.165) is 17.8 Å². The molecule has 0 aliphatic heterocycles. The Morgan fingerprint density at radius 1 is 1.24 bits per heavy atom. The average molecular weight is 295 g/mol. The van der Waals surface area contributed by atoms with Gasteiger partial charge in [-0.25, -0.2) is 0 Å². The van der Waals surface area contributed by atoms with Crippen molar-refractivity contribution in [3.8, 4) is 0 Å². The molecule has 0 heterocycles. The Labute approximate surface area is 110 Å². The summed E-state index contributed by atoms with van der Waals surface area (Å²) in [6.45, 7) is 0. The van der Waals surface area contributed by atoms with E-state index >= 15 is 0 Å². The Hall–Kier alpha value is -1.26. The molecule has 90 valence electrons. The Balaban J connectivity index is 1.89. The van der Waals surface area contributed by atoms with Gasteiger partial charge in [0.2, 0.25) is 0 Å². The zero-order valence-corrected chi connectivity index (χ0v) is 11.2. The van der Waals surface area contributed by atoms with Crippen molar-refractivity contribution in [2.45, 2.75) is 10.9 Å². The van der Waals surface area contributed by atoms with Gasteiger partial charge in [-0.3, -0.25) is 0 Å². The standard InChI is InChI=1S/C13H15BrN2O/c1-17-13(14)9-7-12(8-10-13)16-15-11-5-3-2-4-6-11/h2-9,15-16H,10H2,1H3. The minimum atomic E-state index is -0.356. The summed E-state index contributed by atoms with van der Waals surface area (Å²) in [4.78, 5) is 0. The molecule has 4 heteroatoms. The van der Waals surface area contributed by atoms with Crippen LogP contribution in [0, 0.1) is 0 Å². The normalized spacial score (nSPS) is 23.1. The van der Waals surface area contributed by atoms with Crippen LogP contribution in [-0.4, -0.2) is 11.6 Å². The molecule has 1 atom stereocenters. The third-order valence-electron chi connectivity index (χ3n) is 2.58. The van der Waals surface area contributed by atoms with Gasteiger partial charge >= 0.3 is 0 Å². The van der Waals surface area contributed by atoms with E-state index in [9.17, 15) is 0 Å². The summed E-state index contributed by atoms with van der Waals surface area (Å²) in [5.41, 5.74) is 8.34. The minimum Gasteiger partial charge on any atom is -0.363 e. The van der Waals surface area contributed by atoms with Crippen LogP contribution in [0.4, 0.5) is 5.69 Å². The van der Waals surface area contributed by atoms with E-state index < -0.39 is 0 Å². The maximum Gasteiger partial charge on any atom is 0.144 e. The van der Waals surface area contributed by atoms with Gasteiger partial charge in [0.05, 0.1) is 5.69 Å². The molecular weight excluding hydrogens is 280 g/mol. The Bertz CT molecular complexity index is 430. The Morgan fingerprint density at radius 3 is 2.59 bits per heavy atom. The van der Waals surface area contributed by atoms with Crippen molar-refractivity contribution in [3.63, 3.8) is 0 Å². The van der Waals surface area contributed by atoms with Gasteiger partial charge in [0.15, 0.2) is 0 Å². The molecule has 2 rings (SSSR count). The molecule has 0 aromatic heterocycles. The lowest BCUT2D eigenvalue weighted by Gasteiger charge is -2.24. The van der Waals surface area contributed by atoms with Gasteiger partial charge in [0.1, 0.15) is 4.51 Å². The number of anilines is 1. The third kappa shape index (κ3) is 3.35. The predicted octanol–water partition coefficient (Wildman–Crippen LogP) is 3.18. The zero-order valence-electron chi connectivity index (χ0n) is 9.61. The summed E-state index contributed by atoms with van der Waals surface area (Å²) >= 11 is 3.52. The van der Waals surface area contributed by atoms with Crippen molar-refractivity contribution in [1.29, 1.82) is 0 Å². The molecule has 0 amide bonds. The second-order valence-corrected chi connectivity index (χ2v) is 5.15. The highest BCUT2D eigenvalue weighted by Gasteiger charge is 2.23. The van der Waals surface area contributed by atoms with Gasteiger partial charge < -0.3 is 15.6 Å². The fraction of sp³-hybridized carbons (Fsp3) is 0.231. The summed E-state index contributed by atoms with van der Waals surface area (Å²) < 4.78 is 4.97. The molecule has 0 bridgehead atoms. The molecule has 0 radical (unpaired) electrons. The Morgan fingerprint density at radius 2 is 2.00 bits per heavy atom. The van der Waals surface area contributed by atoms with Crippen LogP contribution in [0.3, 0.4) is 0 Å². The van der Waals surface area contributed by atoms with E-state index in [1.165, 1.54) is 0 Å². The molecule has 0 fully saturated rings. The maximum absolute atomic E-state index is 5.33. The van der Waals surface area contributed by atoms with Crippen LogP contribution in [0.1, 0.15) is 6.42 Å². The lowest BCUT2D eigenvalue weighted by atomic mass is 10.1. The SMILES string of the molecule is COC1(Br)C=CC(NNc2ccccc2)=CC1. The number of allylic oxidation sites excluding steroid dienone is 1. The number of methoxy groups -OCH3 is 1. The molecule has 0 saturated carbocycles. The quantitative estimate of drug-likeness (QED) is 0.661. The first-order valence-corrected chi connectivity index (χ1v) is 6.22. The molecule has 1 aromatic rings. The highest BCUT2D eigenvalue weighted by molar-refractivity contribution is 9.10. The number of alkyl halides is 1. The molecule has 2 N–H and O–H groups in total. The second kappa shape index (κ2) is 5.38. The fourth-order valence-corrected chi connectivity index (χ4v) is 1.80. The van der Waals surface area contributed by atoms with Gasteiger partial charge in [0, 0.05) is 19.2 Å². The first-order valence-electron chi connectivity index (χ1n) is 5.42. The molecule has 3 nitrogen and oxygen atoms in total. The summed E-state index contributed by atoms with van der Waals surface area (Å²) in [7, 11) is 1.69. The monoisotopic (exact) mass is 294 g/mol. The predicted molar refractivity (Wildman–Crippen MR) is 73.7 cm³/mol. The average Bonchev–Trinajstić information content (AvgIpc) is 2.39. The lowest BCUT2D eigenvalue weighted by molar-refractivity contribution is 0.119. The molecule has 0 saturated heterocycles. The summed E-state index contributed by atoms with van der Waals surface area (Å²) in [5, 5.41) is 0. The first-order chi connectivity index (χ1) is 8.22. The van der Waals surface area contributed by atoms with E-state index in [1.807, 2.05) is 42.5 Å². The second-order valence-electron chi connectivity index (χ2n) is 3.80. The largest absolute Gasteiger partial charge is 0.363 e. The highest BCUT2D eigenvalue weighted by atomic mass is 79.9. The van der Waals surface area contributed by atoms with Crippen molar-refractivity contribution in [3.05, 3.63) is 54.3 Å². The van der Waals surface area contributed by atoms with Crippen LogP contribution < -0.4 is 10.9 Å². The molecule has 1 aliphatic rings. The summed E-state index contributed by atoms with van der Waals surface area (Å²) in [6.07, 6.45) is 6.84. The van der Waals surface area contributed by atoms with E-state index in [4.69, 9.17) is 4.74 Å². The van der Waals surface area contributed by atoms with Crippen LogP contribution in [0.25, 0.3) is 0 Å². The molecule has 0 spiro atoms. The first kappa shape index (κ1) is 12.2. The van der Waals surface area contributed by atoms with Crippen molar-refractivity contribution >= 4 is 21.6 Å². The number of nitrogens with one attached hydrogen (secondary N) is 2. The highest BCUT2D eigenvalue weighted by Crippen LogP contribution is 2.29. The van der Waals surface area contributed by atoms with Crippen molar-refractivity contribution in [2.75, 3.05) is 12.5 Å². The number of hydrogen-bond donors (Lipinski definition) is 2. The summed E-state index contributed by atoms with van der Waals surface area (Å²) in [6, 6.07) is 9.98. The number of benzene rings is 1.